The lowest BCUT2D eigenvalue weighted by atomic mass is 9.82. The fraction of sp³-hybridized carbons (Fsp3) is 0.273. The van der Waals surface area contributed by atoms with Crippen molar-refractivity contribution in [1.29, 1.82) is 0 Å². The zero-order valence-electron chi connectivity index (χ0n) is 39.1. The van der Waals surface area contributed by atoms with Gasteiger partial charge < -0.3 is 0 Å². The average Bonchev–Trinajstić information content (AvgIpc) is 3.18. The molecule has 5 heteroatoms. The number of benzene rings is 8. The minimum absolute atomic E-state index is 1.29. The van der Waals surface area contributed by atoms with Crippen molar-refractivity contribution in [2.24, 2.45) is 0 Å². The number of rotatable bonds is 9. The SMILES string of the molecule is C[Si](C)(C)c1ccc(-c2cc(-c3ccc([Si](C)(C)C)cc3)c3ccc4c(-c5cc([Si](C)(C)C)cc([Si](C)(C)C)c5)cc(-c5ccc([Si](C)(C)C)cc5)c5ccc2c3c54)cc1. The van der Waals surface area contributed by atoms with E-state index in [2.05, 4.69) is 226 Å². The summed E-state index contributed by atoms with van der Waals surface area (Å²) in [4.78, 5) is 0. The summed E-state index contributed by atoms with van der Waals surface area (Å²) in [5.41, 5.74) is 10.6. The van der Waals surface area contributed by atoms with Crippen LogP contribution in [0.1, 0.15) is 0 Å². The Labute approximate surface area is 366 Å². The summed E-state index contributed by atoms with van der Waals surface area (Å²) in [5, 5.41) is 15.7. The van der Waals surface area contributed by atoms with Gasteiger partial charge in [-0.15, -0.1) is 0 Å². The summed E-state index contributed by atoms with van der Waals surface area (Å²) in [6.45, 7) is 37.0. The fourth-order valence-electron chi connectivity index (χ4n) is 9.05. The molecule has 8 rings (SSSR count). The second-order valence-corrected chi connectivity index (χ2v) is 48.2. The van der Waals surface area contributed by atoms with Crippen LogP contribution in [0, 0.1) is 0 Å². The topological polar surface area (TPSA) is 0 Å². The lowest BCUT2D eigenvalue weighted by Crippen LogP contribution is -2.45. The van der Waals surface area contributed by atoms with Crippen LogP contribution in [0.5, 0.6) is 0 Å². The Morgan fingerprint density at radius 2 is 0.450 bits per heavy atom. The van der Waals surface area contributed by atoms with Crippen LogP contribution in [0.15, 0.2) is 127 Å². The Morgan fingerprint density at radius 3 is 0.683 bits per heavy atom. The monoisotopic (exact) mass is 866 g/mol. The molecule has 0 spiro atoms. The molecule has 0 amide bonds. The first-order valence-electron chi connectivity index (χ1n) is 22.2. The van der Waals surface area contributed by atoms with E-state index in [0.717, 1.165) is 0 Å². The third kappa shape index (κ3) is 7.93. The van der Waals surface area contributed by atoms with Gasteiger partial charge in [-0.3, -0.25) is 0 Å². The normalized spacial score (nSPS) is 13.2. The van der Waals surface area contributed by atoms with Crippen molar-refractivity contribution in [3.05, 3.63) is 127 Å². The predicted molar refractivity (Wildman–Crippen MR) is 287 cm³/mol. The van der Waals surface area contributed by atoms with E-state index in [4.69, 9.17) is 0 Å². The highest BCUT2D eigenvalue weighted by molar-refractivity contribution is 6.92. The van der Waals surface area contributed by atoms with Crippen molar-refractivity contribution in [2.45, 2.75) is 98.2 Å². The average molecular weight is 868 g/mol. The molecule has 0 saturated heterocycles. The Kier molecular flexibility index (Phi) is 10.5. The second-order valence-electron chi connectivity index (χ2n) is 22.8. The standard InChI is InChI=1S/C55H66Si5/c1-56(2,3)41-22-16-37(17-23-41)50-35-51(38-18-24-42(25-19-38)57(4,5)6)47-30-31-49-53(40-32-44(59(10,11)12)34-45(33-40)60(13,14)15)36-52(48-29-28-46(50)54(47)55(48)49)39-20-26-43(27-21-39)58(7,8)9/h16-36H,1-15H3. The quantitative estimate of drug-likeness (QED) is 0.100. The molecule has 0 unspecified atom stereocenters. The van der Waals surface area contributed by atoms with Crippen LogP contribution in [-0.4, -0.2) is 40.4 Å². The molecule has 0 aliphatic heterocycles. The fourth-order valence-corrected chi connectivity index (χ4v) is 15.0. The second kappa shape index (κ2) is 14.8. The molecule has 0 aliphatic rings. The maximum absolute atomic E-state index is 2.58. The van der Waals surface area contributed by atoms with E-state index in [-0.39, 0.29) is 0 Å². The van der Waals surface area contributed by atoms with E-state index >= 15 is 0 Å². The van der Waals surface area contributed by atoms with E-state index in [1.54, 1.807) is 10.4 Å². The van der Waals surface area contributed by atoms with Crippen LogP contribution < -0.4 is 25.9 Å². The third-order valence-corrected chi connectivity index (χ3v) is 23.3. The maximum Gasteiger partial charge on any atom is 0.0776 e. The minimum atomic E-state index is -1.63. The van der Waals surface area contributed by atoms with Crippen molar-refractivity contribution >= 4 is 98.6 Å². The van der Waals surface area contributed by atoms with Crippen LogP contribution in [0.4, 0.5) is 0 Å². The van der Waals surface area contributed by atoms with Gasteiger partial charge in [0.1, 0.15) is 0 Å². The Morgan fingerprint density at radius 1 is 0.217 bits per heavy atom. The molecule has 8 aromatic rings. The Balaban J connectivity index is 1.53. The van der Waals surface area contributed by atoms with Gasteiger partial charge in [-0.05, 0) is 89.0 Å². The van der Waals surface area contributed by atoms with Gasteiger partial charge in [0.05, 0.1) is 40.4 Å². The van der Waals surface area contributed by atoms with E-state index in [1.165, 1.54) is 92.4 Å². The molecule has 0 aliphatic carbocycles. The summed E-state index contributed by atoms with van der Waals surface area (Å²) >= 11 is 0. The summed E-state index contributed by atoms with van der Waals surface area (Å²) in [5.74, 6) is 0. The van der Waals surface area contributed by atoms with Gasteiger partial charge in [0, 0.05) is 0 Å². The van der Waals surface area contributed by atoms with Crippen molar-refractivity contribution in [3.8, 4) is 44.5 Å². The molecule has 0 bridgehead atoms. The highest BCUT2D eigenvalue weighted by Gasteiger charge is 2.27. The molecular formula is C55H66Si5. The van der Waals surface area contributed by atoms with E-state index in [1.807, 2.05) is 0 Å². The predicted octanol–water partition coefficient (Wildman–Crippen LogP) is 14.0. The van der Waals surface area contributed by atoms with Gasteiger partial charge in [-0.1, -0.05) is 239 Å². The molecule has 306 valence electrons. The molecular weight excluding hydrogens is 801 g/mol. The van der Waals surface area contributed by atoms with Crippen molar-refractivity contribution in [3.63, 3.8) is 0 Å². The summed E-state index contributed by atoms with van der Waals surface area (Å²) < 4.78 is 0. The lowest BCUT2D eigenvalue weighted by Gasteiger charge is -2.26. The van der Waals surface area contributed by atoms with E-state index < -0.39 is 40.4 Å². The maximum atomic E-state index is 2.58. The lowest BCUT2D eigenvalue weighted by molar-refractivity contribution is 1.62. The molecule has 0 N–H and O–H groups in total. The largest absolute Gasteiger partial charge is 0.0776 e. The molecule has 0 saturated carbocycles. The molecule has 0 heterocycles. The first kappa shape index (κ1) is 42.6. The molecule has 0 nitrogen and oxygen atoms in total. The minimum Gasteiger partial charge on any atom is -0.0656 e. The van der Waals surface area contributed by atoms with E-state index in [0.29, 0.717) is 0 Å². The molecule has 0 atom stereocenters. The van der Waals surface area contributed by atoms with Crippen LogP contribution in [0.2, 0.25) is 98.2 Å². The molecule has 0 aromatic heterocycles. The zero-order chi connectivity index (χ0) is 43.3. The van der Waals surface area contributed by atoms with Crippen LogP contribution in [0.25, 0.3) is 76.8 Å². The number of hydrogen-bond acceptors (Lipinski definition) is 0. The summed E-state index contributed by atoms with van der Waals surface area (Å²) in [7, 11) is -7.65. The zero-order valence-corrected chi connectivity index (χ0v) is 44.1. The molecule has 8 aromatic carbocycles. The van der Waals surface area contributed by atoms with Gasteiger partial charge in [0.25, 0.3) is 0 Å². The van der Waals surface area contributed by atoms with Crippen molar-refractivity contribution in [2.75, 3.05) is 0 Å². The van der Waals surface area contributed by atoms with Gasteiger partial charge in [0.2, 0.25) is 0 Å². The van der Waals surface area contributed by atoms with Gasteiger partial charge in [-0.2, -0.15) is 0 Å². The van der Waals surface area contributed by atoms with Crippen LogP contribution in [0.3, 0.4) is 0 Å². The summed E-state index contributed by atoms with van der Waals surface area (Å²) in [6.07, 6.45) is 0. The Hall–Kier alpha value is -4.12. The smallest absolute Gasteiger partial charge is 0.0656 e. The first-order valence-corrected chi connectivity index (χ1v) is 39.7. The highest BCUT2D eigenvalue weighted by atomic mass is 28.3. The van der Waals surface area contributed by atoms with Crippen molar-refractivity contribution < 1.29 is 0 Å². The van der Waals surface area contributed by atoms with E-state index in [9.17, 15) is 0 Å². The van der Waals surface area contributed by atoms with Gasteiger partial charge in [0.15, 0.2) is 0 Å². The molecule has 60 heavy (non-hydrogen) atoms. The summed E-state index contributed by atoms with van der Waals surface area (Å²) in [6, 6.07) is 51.4. The molecule has 0 radical (unpaired) electrons. The molecule has 0 fully saturated rings. The third-order valence-electron chi connectivity index (χ3n) is 13.1. The van der Waals surface area contributed by atoms with Gasteiger partial charge >= 0.3 is 0 Å². The Bertz CT molecular complexity index is 2780. The van der Waals surface area contributed by atoms with Crippen LogP contribution in [-0.2, 0) is 0 Å². The van der Waals surface area contributed by atoms with Gasteiger partial charge in [-0.25, -0.2) is 0 Å². The van der Waals surface area contributed by atoms with Crippen LogP contribution >= 0.6 is 0 Å². The van der Waals surface area contributed by atoms with Crippen molar-refractivity contribution in [1.82, 2.24) is 0 Å². The number of hydrogen-bond donors (Lipinski definition) is 0. The first-order chi connectivity index (χ1) is 27.9. The highest BCUT2D eigenvalue weighted by Crippen LogP contribution is 2.48.